The molecule has 3 aromatic carbocycles. The summed E-state index contributed by atoms with van der Waals surface area (Å²) in [6.07, 6.45) is -32.0. The Morgan fingerprint density at radius 2 is 0.551 bits per heavy atom. The molecule has 0 aromatic heterocycles. The molecule has 21 heteroatoms. The average molecular weight is 729 g/mol. The summed E-state index contributed by atoms with van der Waals surface area (Å²) < 4.78 is 245. The van der Waals surface area contributed by atoms with E-state index in [9.17, 15) is 79.0 Å². The molecule has 0 fully saturated rings. The second kappa shape index (κ2) is 13.4. The van der Waals surface area contributed by atoms with Gasteiger partial charge in [-0.3, -0.25) is 0 Å². The van der Waals surface area contributed by atoms with Gasteiger partial charge in [-0.15, -0.1) is 0 Å². The first kappa shape index (κ1) is 40.0. The molecule has 49 heavy (non-hydrogen) atoms. The lowest BCUT2D eigenvalue weighted by atomic mass is 9.16. The Bertz CT molecular complexity index is 1340. The van der Waals surface area contributed by atoms with Crippen molar-refractivity contribution in [3.63, 3.8) is 0 Å². The molecule has 0 saturated heterocycles. The van der Waals surface area contributed by atoms with Crippen molar-refractivity contribution in [1.29, 1.82) is 0 Å². The van der Waals surface area contributed by atoms with Crippen LogP contribution in [0.1, 0.15) is 46.7 Å². The SMILES string of the molecule is C[CH]CC(Bc1cc(C(F)(F)F)cc(C(F)(F)F)c1)(Bc1cc(C(F)(F)F)cc(C(F)(F)F)c1)Bc1cc(C(F)(F)F)cc(C(F)(F)F)c1. The number of alkyl halides is 18. The Labute approximate surface area is 267 Å². The Balaban J connectivity index is 2.39. The minimum atomic E-state index is -5.42. The standard InChI is InChI=1S/C28H18B3F18/c1-2-3-22(29-19-7-13(23(32,33)34)4-14(8-19)24(35,36)37,30-20-9-15(25(38,39)40)5-16(10-20)26(41,42)43)31-21-11-17(27(44,45)46)6-18(12-21)28(47,48)49/h2,4-12,29-31H,3H2,1H3. The highest BCUT2D eigenvalue weighted by Crippen LogP contribution is 2.39. The van der Waals surface area contributed by atoms with Crippen molar-refractivity contribution < 1.29 is 79.0 Å². The third kappa shape index (κ3) is 10.5. The van der Waals surface area contributed by atoms with Gasteiger partial charge in [-0.1, -0.05) is 71.2 Å². The van der Waals surface area contributed by atoms with Crippen LogP contribution in [-0.4, -0.2) is 21.8 Å². The van der Waals surface area contributed by atoms with E-state index in [-0.39, 0.29) is 54.6 Å². The van der Waals surface area contributed by atoms with Gasteiger partial charge in [-0.05, 0) is 24.6 Å². The number of rotatable bonds is 8. The second-order valence-corrected chi connectivity index (χ2v) is 11.4. The van der Waals surface area contributed by atoms with Gasteiger partial charge >= 0.3 is 37.1 Å². The van der Waals surface area contributed by atoms with Gasteiger partial charge in [0.1, 0.15) is 21.8 Å². The van der Waals surface area contributed by atoms with Gasteiger partial charge in [0.2, 0.25) is 0 Å². The molecule has 0 unspecified atom stereocenters. The number of hydrogen-bond acceptors (Lipinski definition) is 0. The summed E-state index contributed by atoms with van der Waals surface area (Å²) in [7, 11) is -3.25. The fraction of sp³-hybridized carbons (Fsp3) is 0.321. The van der Waals surface area contributed by atoms with Crippen LogP contribution in [0.25, 0.3) is 0 Å². The van der Waals surface area contributed by atoms with Crippen molar-refractivity contribution in [2.45, 2.75) is 55.5 Å². The fourth-order valence-electron chi connectivity index (χ4n) is 5.50. The van der Waals surface area contributed by atoms with Gasteiger partial charge in [0.15, 0.2) is 0 Å². The van der Waals surface area contributed by atoms with E-state index in [1.165, 1.54) is 6.92 Å². The molecule has 0 heterocycles. The quantitative estimate of drug-likeness (QED) is 0.163. The zero-order valence-electron chi connectivity index (χ0n) is 24.4. The van der Waals surface area contributed by atoms with E-state index in [1.54, 1.807) is 0 Å². The molecule has 0 N–H and O–H groups in total. The molecular weight excluding hydrogens is 711 g/mol. The molecule has 3 rings (SSSR count). The lowest BCUT2D eigenvalue weighted by molar-refractivity contribution is -0.144. The molecule has 3 aromatic rings. The van der Waals surface area contributed by atoms with Crippen LogP contribution in [0, 0.1) is 6.42 Å². The Morgan fingerprint density at radius 1 is 0.367 bits per heavy atom. The minimum absolute atomic E-state index is 0.195. The molecule has 0 amide bonds. The maximum absolute atomic E-state index is 13.6. The second-order valence-electron chi connectivity index (χ2n) is 11.4. The van der Waals surface area contributed by atoms with E-state index >= 15 is 0 Å². The van der Waals surface area contributed by atoms with E-state index in [0.717, 1.165) is 6.42 Å². The topological polar surface area (TPSA) is 0 Å². The molecule has 0 atom stereocenters. The highest BCUT2D eigenvalue weighted by atomic mass is 19.4. The van der Waals surface area contributed by atoms with E-state index < -0.39 is 120 Å². The van der Waals surface area contributed by atoms with Crippen molar-refractivity contribution >= 4 is 38.2 Å². The molecule has 0 aliphatic rings. The maximum Gasteiger partial charge on any atom is 0.416 e. The minimum Gasteiger partial charge on any atom is -0.166 e. The Hall–Kier alpha value is -3.41. The number of benzene rings is 3. The van der Waals surface area contributed by atoms with Crippen LogP contribution in [0.15, 0.2) is 54.6 Å². The van der Waals surface area contributed by atoms with Crippen LogP contribution >= 0.6 is 0 Å². The van der Waals surface area contributed by atoms with Crippen molar-refractivity contribution in [2.75, 3.05) is 0 Å². The molecule has 0 saturated carbocycles. The fourth-order valence-corrected chi connectivity index (χ4v) is 5.50. The van der Waals surface area contributed by atoms with Crippen LogP contribution in [0.2, 0.25) is 5.11 Å². The molecule has 0 nitrogen and oxygen atoms in total. The predicted molar refractivity (Wildman–Crippen MR) is 147 cm³/mol. The zero-order chi connectivity index (χ0) is 37.6. The lowest BCUT2D eigenvalue weighted by Gasteiger charge is -2.33. The summed E-state index contributed by atoms with van der Waals surface area (Å²) in [5.74, 6) is 0. The summed E-state index contributed by atoms with van der Waals surface area (Å²) >= 11 is 0. The van der Waals surface area contributed by atoms with Gasteiger partial charge in [0, 0.05) is 0 Å². The predicted octanol–water partition coefficient (Wildman–Crippen LogP) is 8.07. The smallest absolute Gasteiger partial charge is 0.166 e. The Kier molecular flexibility index (Phi) is 10.9. The van der Waals surface area contributed by atoms with Crippen LogP contribution in [0.5, 0.6) is 0 Å². The van der Waals surface area contributed by atoms with E-state index in [4.69, 9.17) is 0 Å². The molecule has 0 bridgehead atoms. The van der Waals surface area contributed by atoms with Crippen molar-refractivity contribution in [1.82, 2.24) is 0 Å². The molecule has 0 aliphatic heterocycles. The van der Waals surface area contributed by atoms with Crippen LogP contribution in [0.3, 0.4) is 0 Å². The average Bonchev–Trinajstić information content (AvgIpc) is 2.89. The van der Waals surface area contributed by atoms with Gasteiger partial charge in [0.25, 0.3) is 0 Å². The van der Waals surface area contributed by atoms with Gasteiger partial charge in [0.05, 0.1) is 33.4 Å². The lowest BCUT2D eigenvalue weighted by Crippen LogP contribution is -2.48. The largest absolute Gasteiger partial charge is 0.416 e. The number of halogens is 18. The first-order valence-electron chi connectivity index (χ1n) is 13.6. The third-order valence-electron chi connectivity index (χ3n) is 7.32. The van der Waals surface area contributed by atoms with Crippen molar-refractivity contribution in [3.05, 3.63) is 94.4 Å². The molecule has 265 valence electrons. The van der Waals surface area contributed by atoms with Gasteiger partial charge < -0.3 is 0 Å². The summed E-state index contributed by atoms with van der Waals surface area (Å²) in [5.41, 5.74) is -13.8. The van der Waals surface area contributed by atoms with Crippen LogP contribution < -0.4 is 16.4 Å². The third-order valence-corrected chi connectivity index (χ3v) is 7.32. The maximum atomic E-state index is 13.6. The van der Waals surface area contributed by atoms with Crippen molar-refractivity contribution in [2.24, 2.45) is 0 Å². The van der Waals surface area contributed by atoms with E-state index in [2.05, 4.69) is 0 Å². The number of hydrogen-bond donors (Lipinski definition) is 0. The summed E-state index contributed by atoms with van der Waals surface area (Å²) in [6, 6.07) is 0.340. The summed E-state index contributed by atoms with van der Waals surface area (Å²) in [4.78, 5) is 0. The van der Waals surface area contributed by atoms with Crippen LogP contribution in [0.4, 0.5) is 79.0 Å². The van der Waals surface area contributed by atoms with E-state index in [1.807, 2.05) is 0 Å². The molecule has 1 radical (unpaired) electrons. The van der Waals surface area contributed by atoms with Crippen LogP contribution in [-0.2, 0) is 37.1 Å². The zero-order valence-corrected chi connectivity index (χ0v) is 24.4. The van der Waals surface area contributed by atoms with Gasteiger partial charge in [-0.25, -0.2) is 0 Å². The normalized spacial score (nSPS) is 13.8. The van der Waals surface area contributed by atoms with Gasteiger partial charge in [-0.2, -0.15) is 79.0 Å². The first-order valence-corrected chi connectivity index (χ1v) is 13.6. The summed E-state index contributed by atoms with van der Waals surface area (Å²) in [5, 5.41) is -2.19. The molecular formula is C28H18B3F18. The highest BCUT2D eigenvalue weighted by Gasteiger charge is 2.43. The summed E-state index contributed by atoms with van der Waals surface area (Å²) in [6.45, 7) is 1.20. The highest BCUT2D eigenvalue weighted by molar-refractivity contribution is 6.92. The molecule has 0 spiro atoms. The van der Waals surface area contributed by atoms with Crippen molar-refractivity contribution in [3.8, 4) is 0 Å². The Morgan fingerprint density at radius 3 is 0.694 bits per heavy atom. The monoisotopic (exact) mass is 729 g/mol. The molecule has 0 aliphatic carbocycles. The first-order chi connectivity index (χ1) is 21.9. The van der Waals surface area contributed by atoms with E-state index in [0.29, 0.717) is 0 Å².